The van der Waals surface area contributed by atoms with Crippen LogP contribution < -0.4 is 9.03 Å². The fourth-order valence-corrected chi connectivity index (χ4v) is 2.63. The van der Waals surface area contributed by atoms with Crippen molar-refractivity contribution in [2.45, 2.75) is 6.92 Å². The highest BCUT2D eigenvalue weighted by atomic mass is 35.5. The molecular weight excluding hydrogens is 324 g/mol. The highest BCUT2D eigenvalue weighted by Crippen LogP contribution is 2.21. The second-order valence-corrected chi connectivity index (χ2v) is 5.74. The third-order valence-electron chi connectivity index (χ3n) is 2.15. The molecule has 10 heteroatoms. The van der Waals surface area contributed by atoms with Crippen molar-refractivity contribution < 1.29 is 27.9 Å². The van der Waals surface area contributed by atoms with Crippen molar-refractivity contribution in [2.24, 2.45) is 0 Å². The van der Waals surface area contributed by atoms with Crippen molar-refractivity contribution in [1.82, 2.24) is 4.72 Å². The standard InChI is InChI=1S/C11H13ClN2O6S/c1-2-20-11(17)13-21(18,19)14(7-10(15)16)9-5-3-4-8(12)6-9/h3-6H,2,7H2,1H3,(H,13,17)(H,15,16). The highest BCUT2D eigenvalue weighted by molar-refractivity contribution is 7.91. The summed E-state index contributed by atoms with van der Waals surface area (Å²) in [5.74, 6) is -1.40. The van der Waals surface area contributed by atoms with Crippen LogP contribution in [0, 0.1) is 0 Å². The lowest BCUT2D eigenvalue weighted by Gasteiger charge is -2.22. The predicted molar refractivity (Wildman–Crippen MR) is 75.5 cm³/mol. The Labute approximate surface area is 126 Å². The smallest absolute Gasteiger partial charge is 0.422 e. The Balaban J connectivity index is 3.12. The summed E-state index contributed by atoms with van der Waals surface area (Å²) in [6.45, 7) is 0.588. The second kappa shape index (κ2) is 7.14. The van der Waals surface area contributed by atoms with Crippen LogP contribution in [0.25, 0.3) is 0 Å². The number of halogens is 1. The maximum absolute atomic E-state index is 12.1. The van der Waals surface area contributed by atoms with Gasteiger partial charge >= 0.3 is 22.3 Å². The van der Waals surface area contributed by atoms with Crippen LogP contribution in [0.4, 0.5) is 10.5 Å². The van der Waals surface area contributed by atoms with Gasteiger partial charge in [-0.1, -0.05) is 17.7 Å². The second-order valence-electron chi connectivity index (χ2n) is 3.71. The maximum Gasteiger partial charge on any atom is 0.422 e. The molecule has 1 amide bonds. The number of rotatable bonds is 6. The first-order valence-electron chi connectivity index (χ1n) is 5.71. The zero-order valence-corrected chi connectivity index (χ0v) is 12.5. The molecule has 0 aliphatic heterocycles. The first-order valence-corrected chi connectivity index (χ1v) is 7.52. The molecule has 0 aliphatic carbocycles. The van der Waals surface area contributed by atoms with E-state index in [-0.39, 0.29) is 17.3 Å². The van der Waals surface area contributed by atoms with Crippen molar-refractivity contribution in [3.05, 3.63) is 29.3 Å². The van der Waals surface area contributed by atoms with E-state index in [2.05, 4.69) is 4.74 Å². The molecule has 0 spiro atoms. The minimum absolute atomic E-state index is 0.00157. The molecule has 0 heterocycles. The molecule has 0 bridgehead atoms. The molecule has 0 aromatic heterocycles. The molecule has 0 saturated heterocycles. The van der Waals surface area contributed by atoms with Crippen molar-refractivity contribution in [3.8, 4) is 0 Å². The lowest BCUT2D eigenvalue weighted by Crippen LogP contribution is -2.46. The lowest BCUT2D eigenvalue weighted by molar-refractivity contribution is -0.135. The van der Waals surface area contributed by atoms with Gasteiger partial charge in [0.15, 0.2) is 0 Å². The average Bonchev–Trinajstić information content (AvgIpc) is 2.35. The van der Waals surface area contributed by atoms with Gasteiger partial charge in [-0.2, -0.15) is 8.42 Å². The average molecular weight is 337 g/mol. The summed E-state index contributed by atoms with van der Waals surface area (Å²) in [5.41, 5.74) is 0.00157. The fraction of sp³-hybridized carbons (Fsp3) is 0.273. The van der Waals surface area contributed by atoms with E-state index in [4.69, 9.17) is 16.7 Å². The zero-order chi connectivity index (χ0) is 16.0. The summed E-state index contributed by atoms with van der Waals surface area (Å²) in [6.07, 6.45) is -1.20. The van der Waals surface area contributed by atoms with Crippen LogP contribution in [0.1, 0.15) is 6.92 Å². The Morgan fingerprint density at radius 3 is 2.62 bits per heavy atom. The van der Waals surface area contributed by atoms with Crippen LogP contribution in [0.2, 0.25) is 5.02 Å². The van der Waals surface area contributed by atoms with Crippen LogP contribution in [-0.4, -0.2) is 38.7 Å². The quantitative estimate of drug-likeness (QED) is 0.807. The third kappa shape index (κ3) is 5.12. The van der Waals surface area contributed by atoms with Gasteiger partial charge < -0.3 is 9.84 Å². The van der Waals surface area contributed by atoms with E-state index in [9.17, 15) is 18.0 Å². The summed E-state index contributed by atoms with van der Waals surface area (Å²) >= 11 is 5.75. The number of carboxylic acids is 1. The first-order chi connectivity index (χ1) is 9.76. The van der Waals surface area contributed by atoms with Gasteiger partial charge in [-0.3, -0.25) is 4.79 Å². The summed E-state index contributed by atoms with van der Waals surface area (Å²) in [7, 11) is -4.44. The fourth-order valence-electron chi connectivity index (χ4n) is 1.39. The van der Waals surface area contributed by atoms with Crippen LogP contribution in [0.15, 0.2) is 24.3 Å². The van der Waals surface area contributed by atoms with Gasteiger partial charge in [0.25, 0.3) is 0 Å². The molecule has 0 aliphatic rings. The van der Waals surface area contributed by atoms with Crippen molar-refractivity contribution >= 4 is 39.6 Å². The topological polar surface area (TPSA) is 113 Å². The number of carbonyl (C=O) groups excluding carboxylic acids is 1. The number of hydrogen-bond donors (Lipinski definition) is 2. The van der Waals surface area contributed by atoms with Gasteiger partial charge in [0.1, 0.15) is 6.54 Å². The molecule has 21 heavy (non-hydrogen) atoms. The molecule has 8 nitrogen and oxygen atoms in total. The van der Waals surface area contributed by atoms with Crippen LogP contribution >= 0.6 is 11.6 Å². The number of benzene rings is 1. The molecule has 1 aromatic carbocycles. The number of nitrogens with zero attached hydrogens (tertiary/aromatic N) is 1. The number of anilines is 1. The minimum Gasteiger partial charge on any atom is -0.480 e. The van der Waals surface area contributed by atoms with Crippen LogP contribution in [0.3, 0.4) is 0 Å². The number of hydrogen-bond acceptors (Lipinski definition) is 5. The van der Waals surface area contributed by atoms with Gasteiger partial charge in [0.2, 0.25) is 0 Å². The summed E-state index contributed by atoms with van der Waals surface area (Å²) < 4.78 is 30.7. The Hall–Kier alpha value is -2.00. The third-order valence-corrected chi connectivity index (χ3v) is 3.73. The highest BCUT2D eigenvalue weighted by Gasteiger charge is 2.27. The molecule has 0 saturated carbocycles. The molecule has 116 valence electrons. The normalized spacial score (nSPS) is 10.8. The number of amides is 1. The number of carbonyl (C=O) groups is 2. The number of carboxylic acid groups (broad SMARTS) is 1. The largest absolute Gasteiger partial charge is 0.480 e. The van der Waals surface area contributed by atoms with E-state index >= 15 is 0 Å². The molecule has 0 atom stereocenters. The van der Waals surface area contributed by atoms with E-state index in [0.717, 1.165) is 0 Å². The minimum atomic E-state index is -4.44. The summed E-state index contributed by atoms with van der Waals surface area (Å²) in [6, 6.07) is 5.55. The molecule has 1 rings (SSSR count). The molecule has 0 unspecified atom stereocenters. The van der Waals surface area contributed by atoms with E-state index in [1.807, 2.05) is 0 Å². The molecule has 1 aromatic rings. The molecule has 0 radical (unpaired) electrons. The molecule has 2 N–H and O–H groups in total. The van der Waals surface area contributed by atoms with Gasteiger partial charge in [-0.25, -0.2) is 13.8 Å². The maximum atomic E-state index is 12.1. The first kappa shape index (κ1) is 17.1. The van der Waals surface area contributed by atoms with E-state index in [1.165, 1.54) is 31.2 Å². The lowest BCUT2D eigenvalue weighted by atomic mass is 10.3. The van der Waals surface area contributed by atoms with Gasteiger partial charge in [0, 0.05) is 5.02 Å². The number of aliphatic carboxylic acids is 1. The van der Waals surface area contributed by atoms with Crippen molar-refractivity contribution in [1.29, 1.82) is 0 Å². The van der Waals surface area contributed by atoms with E-state index < -0.39 is 28.8 Å². The summed E-state index contributed by atoms with van der Waals surface area (Å²) in [5, 5.41) is 9.05. The molecule has 0 fully saturated rings. The monoisotopic (exact) mass is 336 g/mol. The van der Waals surface area contributed by atoms with Crippen LogP contribution in [0.5, 0.6) is 0 Å². The zero-order valence-electron chi connectivity index (χ0n) is 10.9. The van der Waals surface area contributed by atoms with E-state index in [0.29, 0.717) is 4.31 Å². The molecular formula is C11H13ClN2O6S. The van der Waals surface area contributed by atoms with Gasteiger partial charge in [-0.15, -0.1) is 0 Å². The Morgan fingerprint density at radius 2 is 2.10 bits per heavy atom. The Morgan fingerprint density at radius 1 is 1.43 bits per heavy atom. The Bertz CT molecular complexity index is 633. The van der Waals surface area contributed by atoms with Crippen molar-refractivity contribution in [3.63, 3.8) is 0 Å². The number of nitrogens with one attached hydrogen (secondary N) is 1. The van der Waals surface area contributed by atoms with Crippen LogP contribution in [-0.2, 0) is 19.7 Å². The number of ether oxygens (including phenoxy) is 1. The van der Waals surface area contributed by atoms with Gasteiger partial charge in [-0.05, 0) is 25.1 Å². The van der Waals surface area contributed by atoms with Gasteiger partial charge in [0.05, 0.1) is 12.3 Å². The van der Waals surface area contributed by atoms with Crippen molar-refractivity contribution in [2.75, 3.05) is 17.5 Å². The summed E-state index contributed by atoms with van der Waals surface area (Å²) in [4.78, 5) is 22.1. The van der Waals surface area contributed by atoms with E-state index in [1.54, 1.807) is 4.72 Å². The SMILES string of the molecule is CCOC(=O)NS(=O)(=O)N(CC(=O)O)c1cccc(Cl)c1. The Kier molecular flexibility index (Phi) is 5.79. The predicted octanol–water partition coefficient (Wildman–Crippen LogP) is 1.22.